The second kappa shape index (κ2) is 6.55. The lowest BCUT2D eigenvalue weighted by atomic mass is 9.97. The van der Waals surface area contributed by atoms with Gasteiger partial charge < -0.3 is 10.0 Å². The van der Waals surface area contributed by atoms with Crippen LogP contribution in [0.25, 0.3) is 0 Å². The summed E-state index contributed by atoms with van der Waals surface area (Å²) < 4.78 is 23.5. The summed E-state index contributed by atoms with van der Waals surface area (Å²) in [4.78, 5) is 25.3. The van der Waals surface area contributed by atoms with Crippen LogP contribution in [0.1, 0.15) is 38.7 Å². The molecule has 0 radical (unpaired) electrons. The van der Waals surface area contributed by atoms with E-state index in [9.17, 15) is 23.1 Å². The molecule has 1 amide bonds. The van der Waals surface area contributed by atoms with E-state index in [1.165, 1.54) is 18.7 Å². The highest BCUT2D eigenvalue weighted by Gasteiger charge is 2.51. The van der Waals surface area contributed by atoms with Crippen molar-refractivity contribution >= 4 is 21.7 Å². The molecule has 0 spiro atoms. The van der Waals surface area contributed by atoms with Crippen LogP contribution in [0, 0.1) is 0 Å². The number of rotatable bonds is 4. The van der Waals surface area contributed by atoms with Crippen molar-refractivity contribution in [2.75, 3.05) is 13.1 Å². The Hall–Kier alpha value is -1.89. The molecule has 1 aliphatic heterocycles. The number of carbonyl (C=O) groups is 2. The van der Waals surface area contributed by atoms with Gasteiger partial charge in [-0.05, 0) is 25.3 Å². The zero-order valence-corrected chi connectivity index (χ0v) is 14.9. The number of sulfone groups is 1. The Morgan fingerprint density at radius 2 is 1.88 bits per heavy atom. The molecule has 2 rings (SSSR count). The predicted octanol–water partition coefficient (Wildman–Crippen LogP) is 1.67. The molecule has 1 aromatic rings. The van der Waals surface area contributed by atoms with Crippen LogP contribution >= 0.6 is 0 Å². The molecule has 1 N–H and O–H groups in total. The Labute approximate surface area is 142 Å². The van der Waals surface area contributed by atoms with Gasteiger partial charge in [0.2, 0.25) is 5.91 Å². The molecule has 0 bridgehead atoms. The highest BCUT2D eigenvalue weighted by molar-refractivity contribution is 7.94. The average molecular weight is 353 g/mol. The number of benzene rings is 1. The third kappa shape index (κ3) is 3.45. The number of carboxylic acids is 1. The van der Waals surface area contributed by atoms with Crippen molar-refractivity contribution in [1.82, 2.24) is 4.90 Å². The first-order chi connectivity index (χ1) is 11.1. The number of carboxylic acid groups (broad SMARTS) is 1. The van der Waals surface area contributed by atoms with Crippen LogP contribution in [-0.2, 0) is 19.4 Å². The third-order valence-corrected chi connectivity index (χ3v) is 7.35. The molecule has 24 heavy (non-hydrogen) atoms. The minimum absolute atomic E-state index is 0.0133. The minimum Gasteiger partial charge on any atom is -0.480 e. The Bertz CT molecular complexity index is 727. The largest absolute Gasteiger partial charge is 0.480 e. The van der Waals surface area contributed by atoms with Crippen molar-refractivity contribution in [3.05, 3.63) is 35.9 Å². The summed E-state index contributed by atoms with van der Waals surface area (Å²) in [5.41, 5.74) is 1.02. The van der Waals surface area contributed by atoms with Crippen LogP contribution in [0.3, 0.4) is 0 Å². The number of nitrogens with zero attached hydrogens (tertiary/aromatic N) is 1. The van der Waals surface area contributed by atoms with E-state index in [1.54, 1.807) is 0 Å². The maximum Gasteiger partial charge on any atom is 0.323 e. The van der Waals surface area contributed by atoms with Gasteiger partial charge in [-0.1, -0.05) is 37.3 Å². The fourth-order valence-electron chi connectivity index (χ4n) is 2.99. The van der Waals surface area contributed by atoms with E-state index in [4.69, 9.17) is 0 Å². The average Bonchev–Trinajstić information content (AvgIpc) is 2.50. The van der Waals surface area contributed by atoms with E-state index in [-0.39, 0.29) is 31.3 Å². The molecule has 1 saturated heterocycles. The molecule has 1 fully saturated rings. The van der Waals surface area contributed by atoms with Gasteiger partial charge >= 0.3 is 5.97 Å². The first-order valence-corrected chi connectivity index (χ1v) is 9.40. The molecule has 7 heteroatoms. The van der Waals surface area contributed by atoms with E-state index in [1.807, 2.05) is 37.3 Å². The summed E-state index contributed by atoms with van der Waals surface area (Å²) in [6.07, 6.45) is 0.215. The monoisotopic (exact) mass is 353 g/mol. The van der Waals surface area contributed by atoms with Crippen molar-refractivity contribution in [2.24, 2.45) is 0 Å². The second-order valence-corrected chi connectivity index (χ2v) is 9.69. The Balaban J connectivity index is 2.17. The summed E-state index contributed by atoms with van der Waals surface area (Å²) >= 11 is 0. The van der Waals surface area contributed by atoms with Gasteiger partial charge in [0, 0.05) is 19.5 Å². The summed E-state index contributed by atoms with van der Waals surface area (Å²) in [6.45, 7) is 4.59. The van der Waals surface area contributed by atoms with E-state index in [0.717, 1.165) is 5.56 Å². The van der Waals surface area contributed by atoms with E-state index in [2.05, 4.69) is 0 Å². The van der Waals surface area contributed by atoms with Gasteiger partial charge in [-0.15, -0.1) is 0 Å². The molecule has 0 aliphatic carbocycles. The molecule has 1 aromatic carbocycles. The third-order valence-electron chi connectivity index (χ3n) is 4.58. The van der Waals surface area contributed by atoms with Gasteiger partial charge in [-0.2, -0.15) is 0 Å². The predicted molar refractivity (Wildman–Crippen MR) is 90.5 cm³/mol. The minimum atomic E-state index is -3.84. The van der Waals surface area contributed by atoms with Crippen LogP contribution in [-0.4, -0.2) is 53.4 Å². The quantitative estimate of drug-likeness (QED) is 0.889. The Kier molecular flexibility index (Phi) is 5.03. The van der Waals surface area contributed by atoms with Gasteiger partial charge in [-0.25, -0.2) is 8.42 Å². The van der Waals surface area contributed by atoms with E-state index >= 15 is 0 Å². The smallest absolute Gasteiger partial charge is 0.323 e. The van der Waals surface area contributed by atoms with Gasteiger partial charge in [-0.3, -0.25) is 9.59 Å². The number of hydrogen-bond donors (Lipinski definition) is 1. The lowest BCUT2D eigenvalue weighted by Gasteiger charge is -2.40. The van der Waals surface area contributed by atoms with Crippen molar-refractivity contribution in [3.63, 3.8) is 0 Å². The van der Waals surface area contributed by atoms with Gasteiger partial charge in [0.15, 0.2) is 15.1 Å². The maximum atomic E-state index is 12.6. The topological polar surface area (TPSA) is 91.8 Å². The maximum absolute atomic E-state index is 12.6. The summed E-state index contributed by atoms with van der Waals surface area (Å²) in [5, 5.41) is 7.68. The standard InChI is InChI=1S/C17H23NO5S/c1-12(13-7-5-4-6-8-13)9-15(19)18-10-14(16(20)21)24(22,23)17(2,3)11-18/h4-8,12,14H,9-11H2,1-3H3,(H,20,21). The van der Waals surface area contributed by atoms with Crippen molar-refractivity contribution in [1.29, 1.82) is 0 Å². The number of carbonyl (C=O) groups excluding carboxylic acids is 1. The SMILES string of the molecule is CC(CC(=O)N1CC(C(=O)O)S(=O)(=O)C(C)(C)C1)c1ccccc1. The molecule has 2 atom stereocenters. The molecule has 1 heterocycles. The van der Waals surface area contributed by atoms with E-state index in [0.29, 0.717) is 0 Å². The lowest BCUT2D eigenvalue weighted by molar-refractivity contribution is -0.138. The van der Waals surface area contributed by atoms with Gasteiger partial charge in [0.05, 0.1) is 4.75 Å². The highest BCUT2D eigenvalue weighted by atomic mass is 32.2. The molecule has 6 nitrogen and oxygen atoms in total. The van der Waals surface area contributed by atoms with Crippen LogP contribution in [0.2, 0.25) is 0 Å². The lowest BCUT2D eigenvalue weighted by Crippen LogP contribution is -2.61. The molecular weight excluding hydrogens is 330 g/mol. The van der Waals surface area contributed by atoms with Crippen molar-refractivity contribution < 1.29 is 23.1 Å². The van der Waals surface area contributed by atoms with Crippen LogP contribution in [0.15, 0.2) is 30.3 Å². The fraction of sp³-hybridized carbons (Fsp3) is 0.529. The van der Waals surface area contributed by atoms with Crippen LogP contribution in [0.4, 0.5) is 0 Å². The van der Waals surface area contributed by atoms with Crippen molar-refractivity contribution in [2.45, 2.75) is 43.1 Å². The molecule has 2 unspecified atom stereocenters. The van der Waals surface area contributed by atoms with Gasteiger partial charge in [0.1, 0.15) is 0 Å². The molecule has 0 aromatic heterocycles. The number of aliphatic carboxylic acids is 1. The summed E-state index contributed by atoms with van der Waals surface area (Å²) in [7, 11) is -3.84. The van der Waals surface area contributed by atoms with Crippen molar-refractivity contribution in [3.8, 4) is 0 Å². The number of amides is 1. The Morgan fingerprint density at radius 3 is 2.42 bits per heavy atom. The first-order valence-electron chi connectivity index (χ1n) is 7.85. The Morgan fingerprint density at radius 1 is 1.29 bits per heavy atom. The zero-order valence-electron chi connectivity index (χ0n) is 14.1. The van der Waals surface area contributed by atoms with Gasteiger partial charge in [0.25, 0.3) is 0 Å². The normalized spacial score (nSPS) is 23.5. The first kappa shape index (κ1) is 18.4. The molecule has 0 saturated carbocycles. The molecule has 1 aliphatic rings. The second-order valence-electron chi connectivity index (χ2n) is 6.92. The fourth-order valence-corrected chi connectivity index (χ4v) is 4.74. The highest BCUT2D eigenvalue weighted by Crippen LogP contribution is 2.30. The van der Waals surface area contributed by atoms with E-state index < -0.39 is 25.8 Å². The summed E-state index contributed by atoms with van der Waals surface area (Å²) in [6, 6.07) is 9.55. The zero-order chi connectivity index (χ0) is 18.1. The molecular formula is C17H23NO5S. The van der Waals surface area contributed by atoms with Crippen LogP contribution in [0.5, 0.6) is 0 Å². The summed E-state index contributed by atoms with van der Waals surface area (Å²) in [5.74, 6) is -1.65. The van der Waals surface area contributed by atoms with Crippen LogP contribution < -0.4 is 0 Å². The molecule has 132 valence electrons. The number of hydrogen-bond acceptors (Lipinski definition) is 4.